The quantitative estimate of drug-likeness (QED) is 0.698. The fourth-order valence-electron chi connectivity index (χ4n) is 2.60. The van der Waals surface area contributed by atoms with Crippen LogP contribution in [0, 0.1) is 5.92 Å². The maximum Gasteiger partial charge on any atom is 0.239 e. The molecule has 0 aliphatic carbocycles. The first kappa shape index (κ1) is 21.5. The topological polar surface area (TPSA) is 67.4 Å². The lowest BCUT2D eigenvalue weighted by Gasteiger charge is -2.24. The number of ether oxygens (including phenoxy) is 1. The van der Waals surface area contributed by atoms with Gasteiger partial charge in [0.15, 0.2) is 0 Å². The highest BCUT2D eigenvalue weighted by Crippen LogP contribution is 2.25. The van der Waals surface area contributed by atoms with Gasteiger partial charge in [-0.15, -0.1) is 0 Å². The maximum absolute atomic E-state index is 12.6. The van der Waals surface area contributed by atoms with Gasteiger partial charge in [-0.3, -0.25) is 9.59 Å². The Morgan fingerprint density at radius 1 is 0.964 bits per heavy atom. The van der Waals surface area contributed by atoms with Crippen molar-refractivity contribution >= 4 is 11.8 Å². The molecule has 0 heterocycles. The lowest BCUT2D eigenvalue weighted by Crippen LogP contribution is -2.44. The fraction of sp³-hybridized carbons (Fsp3) is 0.391. The Bertz CT molecular complexity index is 768. The minimum absolute atomic E-state index is 0.0509. The number of nitrogens with one attached hydrogen (secondary N) is 2. The van der Waals surface area contributed by atoms with Crippen LogP contribution < -0.4 is 15.4 Å². The Hall–Kier alpha value is -2.82. The van der Waals surface area contributed by atoms with Gasteiger partial charge < -0.3 is 15.4 Å². The Morgan fingerprint density at radius 3 is 2.21 bits per heavy atom. The molecule has 0 saturated carbocycles. The van der Waals surface area contributed by atoms with Crippen molar-refractivity contribution in [2.24, 2.45) is 5.92 Å². The molecule has 0 atom stereocenters. The highest BCUT2D eigenvalue weighted by molar-refractivity contribution is 5.90. The molecule has 2 amide bonds. The van der Waals surface area contributed by atoms with Crippen LogP contribution in [0.5, 0.6) is 5.75 Å². The molecule has 0 aromatic heterocycles. The molecule has 5 heteroatoms. The summed E-state index contributed by atoms with van der Waals surface area (Å²) >= 11 is 0. The summed E-state index contributed by atoms with van der Waals surface area (Å²) in [4.78, 5) is 24.6. The lowest BCUT2D eigenvalue weighted by molar-refractivity contribution is -0.129. The Balaban J connectivity index is 1.85. The third-order valence-electron chi connectivity index (χ3n) is 4.47. The monoisotopic (exact) mass is 382 g/mol. The van der Waals surface area contributed by atoms with Crippen molar-refractivity contribution in [3.05, 3.63) is 65.7 Å². The standard InChI is InChI=1S/C23H30N2O3/c1-17(2)16-28-20-12-10-19(11-13-20)23(3,4)22(27)25-15-21(26)24-14-18-8-6-5-7-9-18/h5-13,17H,14-16H2,1-4H3,(H,24,26)(H,25,27). The minimum Gasteiger partial charge on any atom is -0.493 e. The molecule has 2 aromatic carbocycles. The van der Waals surface area contributed by atoms with Gasteiger partial charge in [0, 0.05) is 6.54 Å². The number of carbonyl (C=O) groups excluding carboxylic acids is 2. The summed E-state index contributed by atoms with van der Waals surface area (Å²) in [5, 5.41) is 5.54. The second-order valence-corrected chi connectivity index (χ2v) is 7.80. The van der Waals surface area contributed by atoms with E-state index in [-0.39, 0.29) is 18.4 Å². The van der Waals surface area contributed by atoms with Crippen LogP contribution >= 0.6 is 0 Å². The van der Waals surface area contributed by atoms with E-state index < -0.39 is 5.41 Å². The van der Waals surface area contributed by atoms with Crippen molar-refractivity contribution in [2.45, 2.75) is 39.7 Å². The first-order chi connectivity index (χ1) is 13.3. The van der Waals surface area contributed by atoms with Crippen molar-refractivity contribution in [3.8, 4) is 5.75 Å². The van der Waals surface area contributed by atoms with Crippen molar-refractivity contribution in [1.29, 1.82) is 0 Å². The summed E-state index contributed by atoms with van der Waals surface area (Å²) in [5.74, 6) is 0.826. The molecule has 150 valence electrons. The predicted molar refractivity (Wildman–Crippen MR) is 111 cm³/mol. The number of rotatable bonds is 9. The molecular formula is C23H30N2O3. The average molecular weight is 383 g/mol. The number of carbonyl (C=O) groups is 2. The molecule has 2 N–H and O–H groups in total. The minimum atomic E-state index is -0.754. The highest BCUT2D eigenvalue weighted by Gasteiger charge is 2.29. The van der Waals surface area contributed by atoms with Crippen LogP contribution in [0.2, 0.25) is 0 Å². The van der Waals surface area contributed by atoms with Gasteiger partial charge in [-0.1, -0.05) is 56.3 Å². The fourth-order valence-corrected chi connectivity index (χ4v) is 2.60. The SMILES string of the molecule is CC(C)COc1ccc(C(C)(C)C(=O)NCC(=O)NCc2ccccc2)cc1. The summed E-state index contributed by atoms with van der Waals surface area (Å²) < 4.78 is 5.68. The van der Waals surface area contributed by atoms with Crippen molar-refractivity contribution < 1.29 is 14.3 Å². The van der Waals surface area contributed by atoms with Crippen molar-refractivity contribution in [1.82, 2.24) is 10.6 Å². The van der Waals surface area contributed by atoms with Gasteiger partial charge >= 0.3 is 0 Å². The Morgan fingerprint density at radius 2 is 1.61 bits per heavy atom. The molecule has 0 fully saturated rings. The Kier molecular flexibility index (Phi) is 7.61. The molecule has 0 radical (unpaired) electrons. The molecule has 2 aromatic rings. The first-order valence-corrected chi connectivity index (χ1v) is 9.61. The molecule has 0 bridgehead atoms. The van der Waals surface area contributed by atoms with Crippen LogP contribution in [0.4, 0.5) is 0 Å². The van der Waals surface area contributed by atoms with E-state index in [0.29, 0.717) is 19.1 Å². The summed E-state index contributed by atoms with van der Waals surface area (Å²) in [7, 11) is 0. The van der Waals surface area contributed by atoms with Gasteiger partial charge in [0.05, 0.1) is 18.6 Å². The zero-order valence-electron chi connectivity index (χ0n) is 17.1. The molecule has 0 unspecified atom stereocenters. The third-order valence-corrected chi connectivity index (χ3v) is 4.47. The van der Waals surface area contributed by atoms with Crippen LogP contribution in [0.15, 0.2) is 54.6 Å². The van der Waals surface area contributed by atoms with E-state index in [9.17, 15) is 9.59 Å². The van der Waals surface area contributed by atoms with Gasteiger partial charge in [-0.05, 0) is 43.0 Å². The van der Waals surface area contributed by atoms with E-state index in [0.717, 1.165) is 16.9 Å². The van der Waals surface area contributed by atoms with E-state index in [1.54, 1.807) is 0 Å². The number of benzene rings is 2. The van der Waals surface area contributed by atoms with Crippen LogP contribution in [0.3, 0.4) is 0 Å². The zero-order valence-corrected chi connectivity index (χ0v) is 17.1. The maximum atomic E-state index is 12.6. The smallest absolute Gasteiger partial charge is 0.239 e. The second-order valence-electron chi connectivity index (χ2n) is 7.80. The van der Waals surface area contributed by atoms with Crippen LogP contribution in [0.1, 0.15) is 38.8 Å². The molecule has 5 nitrogen and oxygen atoms in total. The average Bonchev–Trinajstić information content (AvgIpc) is 2.69. The summed E-state index contributed by atoms with van der Waals surface area (Å²) in [6, 6.07) is 17.2. The van der Waals surface area contributed by atoms with E-state index in [1.165, 1.54) is 0 Å². The van der Waals surface area contributed by atoms with Crippen LogP contribution in [0.25, 0.3) is 0 Å². The Labute approximate surface area is 167 Å². The molecule has 0 aliphatic heterocycles. The van der Waals surface area contributed by atoms with E-state index in [1.807, 2.05) is 68.4 Å². The van der Waals surface area contributed by atoms with Crippen molar-refractivity contribution in [2.75, 3.05) is 13.2 Å². The second kappa shape index (κ2) is 9.93. The molecule has 0 spiro atoms. The largest absolute Gasteiger partial charge is 0.493 e. The summed E-state index contributed by atoms with van der Waals surface area (Å²) in [6.45, 7) is 8.92. The molecule has 0 saturated heterocycles. The normalized spacial score (nSPS) is 11.2. The van der Waals surface area contributed by atoms with Crippen LogP contribution in [-0.4, -0.2) is 25.0 Å². The molecule has 0 aliphatic rings. The summed E-state index contributed by atoms with van der Waals surface area (Å²) in [6.07, 6.45) is 0. The molecular weight excluding hydrogens is 352 g/mol. The van der Waals surface area contributed by atoms with E-state index >= 15 is 0 Å². The van der Waals surface area contributed by atoms with Crippen molar-refractivity contribution in [3.63, 3.8) is 0 Å². The zero-order chi connectivity index (χ0) is 20.6. The predicted octanol–water partition coefficient (Wildman–Crippen LogP) is 3.43. The molecule has 28 heavy (non-hydrogen) atoms. The first-order valence-electron chi connectivity index (χ1n) is 9.61. The van der Waals surface area contributed by atoms with Gasteiger partial charge in [-0.2, -0.15) is 0 Å². The number of hydrogen-bond donors (Lipinski definition) is 2. The lowest BCUT2D eigenvalue weighted by atomic mass is 9.83. The third kappa shape index (κ3) is 6.41. The highest BCUT2D eigenvalue weighted by atomic mass is 16.5. The van der Waals surface area contributed by atoms with Gasteiger partial charge in [0.1, 0.15) is 5.75 Å². The van der Waals surface area contributed by atoms with Gasteiger partial charge in [0.2, 0.25) is 11.8 Å². The van der Waals surface area contributed by atoms with E-state index in [4.69, 9.17) is 4.74 Å². The number of amides is 2. The van der Waals surface area contributed by atoms with Gasteiger partial charge in [0.25, 0.3) is 0 Å². The van der Waals surface area contributed by atoms with Crippen LogP contribution in [-0.2, 0) is 21.5 Å². The summed E-state index contributed by atoms with van der Waals surface area (Å²) in [5.41, 5.74) is 1.13. The molecule has 2 rings (SSSR count). The van der Waals surface area contributed by atoms with Gasteiger partial charge in [-0.25, -0.2) is 0 Å². The number of hydrogen-bond acceptors (Lipinski definition) is 3. The van der Waals surface area contributed by atoms with E-state index in [2.05, 4.69) is 24.5 Å².